The lowest BCUT2D eigenvalue weighted by Crippen LogP contribution is -2.09. The molecule has 6 aromatic carbocycles. The van der Waals surface area contributed by atoms with Crippen LogP contribution in [0.2, 0.25) is 0 Å². The summed E-state index contributed by atoms with van der Waals surface area (Å²) in [6.45, 7) is 0. The number of thiophene rings is 2. The molecule has 0 spiro atoms. The molecule has 0 unspecified atom stereocenters. The second-order valence-corrected chi connectivity index (χ2v) is 13.7. The zero-order chi connectivity index (χ0) is 29.7. The second kappa shape index (κ2) is 10.9. The molecular formula is C42H29NS2. The predicted molar refractivity (Wildman–Crippen MR) is 198 cm³/mol. The third-order valence-electron chi connectivity index (χ3n) is 8.97. The number of rotatable bonds is 5. The maximum absolute atomic E-state index is 2.35. The average Bonchev–Trinajstić information content (AvgIpc) is 3.68. The number of benzene rings is 6. The van der Waals surface area contributed by atoms with Crippen molar-refractivity contribution in [3.05, 3.63) is 156 Å². The van der Waals surface area contributed by atoms with Gasteiger partial charge in [-0.05, 0) is 94.6 Å². The van der Waals surface area contributed by atoms with E-state index in [0.29, 0.717) is 0 Å². The van der Waals surface area contributed by atoms with Crippen LogP contribution in [0.25, 0.3) is 58.6 Å². The van der Waals surface area contributed by atoms with E-state index in [4.69, 9.17) is 0 Å². The van der Waals surface area contributed by atoms with Crippen LogP contribution in [0.4, 0.5) is 17.1 Å². The monoisotopic (exact) mass is 611 g/mol. The van der Waals surface area contributed by atoms with Crippen molar-refractivity contribution in [2.45, 2.75) is 12.8 Å². The van der Waals surface area contributed by atoms with Crippen molar-refractivity contribution in [2.75, 3.05) is 4.90 Å². The van der Waals surface area contributed by atoms with Crippen LogP contribution in [0.5, 0.6) is 0 Å². The Morgan fingerprint density at radius 3 is 1.76 bits per heavy atom. The smallest absolute Gasteiger partial charge is 0.0462 e. The van der Waals surface area contributed by atoms with Crippen molar-refractivity contribution in [3.63, 3.8) is 0 Å². The maximum atomic E-state index is 2.35. The second-order valence-electron chi connectivity index (χ2n) is 11.6. The Kier molecular flexibility index (Phi) is 6.40. The molecule has 0 atom stereocenters. The fourth-order valence-corrected chi connectivity index (χ4v) is 9.36. The van der Waals surface area contributed by atoms with E-state index in [1.807, 2.05) is 22.7 Å². The van der Waals surface area contributed by atoms with Gasteiger partial charge in [0.05, 0.1) is 0 Å². The van der Waals surface area contributed by atoms with Crippen molar-refractivity contribution in [3.8, 4) is 22.3 Å². The molecule has 0 saturated heterocycles. The average molecular weight is 612 g/mol. The van der Waals surface area contributed by atoms with Crippen LogP contribution in [0.1, 0.15) is 16.9 Å². The van der Waals surface area contributed by atoms with Crippen LogP contribution in [0.3, 0.4) is 0 Å². The summed E-state index contributed by atoms with van der Waals surface area (Å²) < 4.78 is 4.08. The summed E-state index contributed by atoms with van der Waals surface area (Å²) in [4.78, 5) is 3.77. The fraction of sp³-hybridized carbons (Fsp3) is 0.0476. The van der Waals surface area contributed by atoms with Gasteiger partial charge in [-0.2, -0.15) is 0 Å². The lowest BCUT2D eigenvalue weighted by atomic mass is 9.97. The Hall–Kier alpha value is -4.96. The lowest BCUT2D eigenvalue weighted by molar-refractivity contribution is 1.01. The van der Waals surface area contributed by atoms with Crippen molar-refractivity contribution in [1.82, 2.24) is 0 Å². The highest BCUT2D eigenvalue weighted by atomic mass is 32.1. The Balaban J connectivity index is 1.10. The molecule has 2 heterocycles. The van der Waals surface area contributed by atoms with E-state index in [0.717, 1.165) is 29.9 Å². The summed E-state index contributed by atoms with van der Waals surface area (Å²) in [6, 6.07) is 51.0. The van der Waals surface area contributed by atoms with Gasteiger partial charge in [0.1, 0.15) is 0 Å². The molecule has 9 rings (SSSR count). The first-order valence-corrected chi connectivity index (χ1v) is 17.1. The lowest BCUT2D eigenvalue weighted by Gasteiger charge is -2.26. The Labute approximate surface area is 271 Å². The summed E-state index contributed by atoms with van der Waals surface area (Å²) in [5.74, 6) is 0. The number of hydrogen-bond donors (Lipinski definition) is 0. The van der Waals surface area contributed by atoms with Crippen LogP contribution in [-0.4, -0.2) is 0 Å². The van der Waals surface area contributed by atoms with Crippen molar-refractivity contribution in [2.24, 2.45) is 0 Å². The molecule has 8 aromatic rings. The molecule has 0 aliphatic heterocycles. The summed E-state index contributed by atoms with van der Waals surface area (Å²) in [7, 11) is 0. The van der Waals surface area contributed by atoms with Gasteiger partial charge in [0.25, 0.3) is 0 Å². The number of nitrogens with zero attached hydrogens (tertiary/aromatic N) is 1. The van der Waals surface area contributed by atoms with Gasteiger partial charge in [-0.1, -0.05) is 103 Å². The quantitative estimate of drug-likeness (QED) is 0.187. The number of hydrogen-bond acceptors (Lipinski definition) is 3. The molecule has 1 aliphatic rings. The molecule has 3 heteroatoms. The summed E-state index contributed by atoms with van der Waals surface area (Å²) in [6.07, 6.45) is 6.89. The van der Waals surface area contributed by atoms with E-state index in [1.54, 1.807) is 0 Å². The minimum atomic E-state index is 1.13. The minimum absolute atomic E-state index is 1.13. The van der Waals surface area contributed by atoms with Gasteiger partial charge in [0.2, 0.25) is 0 Å². The summed E-state index contributed by atoms with van der Waals surface area (Å²) in [5, 5.41) is 4.08. The molecule has 1 nitrogen and oxygen atoms in total. The van der Waals surface area contributed by atoms with Crippen molar-refractivity contribution in [1.29, 1.82) is 0 Å². The predicted octanol–water partition coefficient (Wildman–Crippen LogP) is 13.0. The largest absolute Gasteiger partial charge is 0.311 e. The van der Waals surface area contributed by atoms with E-state index < -0.39 is 0 Å². The van der Waals surface area contributed by atoms with Gasteiger partial charge in [-0.25, -0.2) is 0 Å². The van der Waals surface area contributed by atoms with Gasteiger partial charge in [-0.3, -0.25) is 0 Å². The van der Waals surface area contributed by atoms with Gasteiger partial charge in [-0.15, -0.1) is 22.7 Å². The zero-order valence-electron chi connectivity index (χ0n) is 24.6. The third-order valence-corrected chi connectivity index (χ3v) is 11.4. The minimum Gasteiger partial charge on any atom is -0.311 e. The highest BCUT2D eigenvalue weighted by Gasteiger charge is 2.17. The highest BCUT2D eigenvalue weighted by molar-refractivity contribution is 7.26. The van der Waals surface area contributed by atoms with Crippen molar-refractivity contribution < 1.29 is 0 Å². The fourth-order valence-electron chi connectivity index (χ4n) is 6.81. The van der Waals surface area contributed by atoms with Crippen LogP contribution >= 0.6 is 22.7 Å². The van der Waals surface area contributed by atoms with Crippen LogP contribution in [0.15, 0.2) is 146 Å². The number of para-hydroxylation sites is 1. The topological polar surface area (TPSA) is 3.24 Å². The van der Waals surface area contributed by atoms with E-state index in [-0.39, 0.29) is 0 Å². The number of fused-ring (bicyclic) bond motifs is 6. The summed E-state index contributed by atoms with van der Waals surface area (Å²) in [5.41, 5.74) is 10.0. The van der Waals surface area contributed by atoms with Crippen molar-refractivity contribution >= 4 is 76.1 Å². The van der Waals surface area contributed by atoms with E-state index in [1.165, 1.54) is 63.0 Å². The molecule has 45 heavy (non-hydrogen) atoms. The molecule has 214 valence electrons. The molecule has 0 radical (unpaired) electrons. The number of aryl methyl sites for hydroxylation is 1. The van der Waals surface area contributed by atoms with Crippen LogP contribution < -0.4 is 4.90 Å². The molecule has 0 amide bonds. The maximum Gasteiger partial charge on any atom is 0.0462 e. The standard InChI is InChI=1S/C42H29NS2/c1-2-10-30(11-3-1)43(31-24-20-28(21-25-31)33-14-8-16-37-35-12-4-6-18-39(35)44-41(33)37)32-26-22-29(23-27-32)34-15-9-17-38-36-13-5-7-19-40(36)45-42(34)38/h1-4,6-12,14-27H,5,13H2. The van der Waals surface area contributed by atoms with Crippen LogP contribution in [0, 0.1) is 0 Å². The molecular weight excluding hydrogens is 583 g/mol. The first-order chi connectivity index (χ1) is 22.3. The Morgan fingerprint density at radius 1 is 0.467 bits per heavy atom. The molecule has 0 N–H and O–H groups in total. The Morgan fingerprint density at radius 2 is 1.04 bits per heavy atom. The highest BCUT2D eigenvalue weighted by Crippen LogP contribution is 2.43. The first kappa shape index (κ1) is 26.4. The number of allylic oxidation sites excluding steroid dienone is 1. The normalized spacial score (nSPS) is 12.6. The Bertz CT molecular complexity index is 2360. The van der Waals surface area contributed by atoms with Gasteiger partial charge < -0.3 is 4.90 Å². The van der Waals surface area contributed by atoms with Gasteiger partial charge in [0.15, 0.2) is 0 Å². The van der Waals surface area contributed by atoms with Gasteiger partial charge in [0, 0.05) is 46.8 Å². The first-order valence-electron chi connectivity index (χ1n) is 15.5. The third kappa shape index (κ3) is 4.50. The summed E-state index contributed by atoms with van der Waals surface area (Å²) >= 11 is 3.81. The molecule has 1 aliphatic carbocycles. The molecule has 0 saturated carbocycles. The van der Waals surface area contributed by atoms with Gasteiger partial charge >= 0.3 is 0 Å². The molecule has 0 bridgehead atoms. The zero-order valence-corrected chi connectivity index (χ0v) is 26.2. The SMILES string of the molecule is C1=Cc2sc3c(-c4ccc(N(c5ccccc5)c5ccc(-c6cccc7c6sc6ccccc67)cc5)cc4)cccc3c2CC1. The van der Waals surface area contributed by atoms with Crippen LogP contribution in [-0.2, 0) is 6.42 Å². The molecule has 2 aromatic heterocycles. The number of anilines is 3. The van der Waals surface area contributed by atoms with E-state index in [9.17, 15) is 0 Å². The van der Waals surface area contributed by atoms with E-state index in [2.05, 4.69) is 157 Å². The van der Waals surface area contributed by atoms with E-state index >= 15 is 0 Å². The molecule has 0 fully saturated rings.